The van der Waals surface area contributed by atoms with Crippen molar-refractivity contribution in [1.82, 2.24) is 15.0 Å². The minimum atomic E-state index is 0.258. The van der Waals surface area contributed by atoms with Crippen molar-refractivity contribution in [1.29, 1.82) is 0 Å². The Hall–Kier alpha value is -1.10. The molecule has 1 aromatic heterocycles. The first kappa shape index (κ1) is 15.3. The van der Waals surface area contributed by atoms with Gasteiger partial charge in [-0.2, -0.15) is 15.0 Å². The van der Waals surface area contributed by atoms with Crippen molar-refractivity contribution < 1.29 is 0 Å². The lowest BCUT2D eigenvalue weighted by Gasteiger charge is -2.41. The molecule has 6 heteroatoms. The van der Waals surface area contributed by atoms with Crippen LogP contribution in [0.25, 0.3) is 0 Å². The first-order chi connectivity index (χ1) is 9.62. The maximum absolute atomic E-state index is 5.99. The second-order valence-electron chi connectivity index (χ2n) is 5.45. The van der Waals surface area contributed by atoms with Crippen molar-refractivity contribution in [2.45, 2.75) is 46.5 Å². The summed E-state index contributed by atoms with van der Waals surface area (Å²) in [6.07, 6.45) is 4.88. The Morgan fingerprint density at radius 1 is 1.10 bits per heavy atom. The van der Waals surface area contributed by atoms with Gasteiger partial charge in [0, 0.05) is 19.6 Å². The fourth-order valence-electron chi connectivity index (χ4n) is 2.86. The van der Waals surface area contributed by atoms with Gasteiger partial charge in [0.05, 0.1) is 0 Å². The molecule has 2 heterocycles. The summed E-state index contributed by atoms with van der Waals surface area (Å²) in [6.45, 7) is 9.36. The van der Waals surface area contributed by atoms with E-state index in [0.29, 0.717) is 17.3 Å². The van der Waals surface area contributed by atoms with Gasteiger partial charge < -0.3 is 10.2 Å². The molecule has 1 saturated heterocycles. The summed E-state index contributed by atoms with van der Waals surface area (Å²) in [6, 6.07) is 0. The molecule has 1 aliphatic rings. The molecule has 0 atom stereocenters. The highest BCUT2D eigenvalue weighted by atomic mass is 35.5. The van der Waals surface area contributed by atoms with Crippen LogP contribution in [-0.4, -0.2) is 34.6 Å². The molecule has 1 N–H and O–H groups in total. The van der Waals surface area contributed by atoms with Crippen LogP contribution in [0, 0.1) is 5.41 Å². The minimum Gasteiger partial charge on any atom is -0.354 e. The minimum absolute atomic E-state index is 0.258. The summed E-state index contributed by atoms with van der Waals surface area (Å²) in [5.74, 6) is 1.26. The SMILES string of the molecule is CCNc1nc(Cl)nc(N2CCC(CC)(CC)CC2)n1. The van der Waals surface area contributed by atoms with Crippen LogP contribution in [0.15, 0.2) is 0 Å². The average molecular weight is 298 g/mol. The molecule has 20 heavy (non-hydrogen) atoms. The zero-order valence-electron chi connectivity index (χ0n) is 12.6. The highest BCUT2D eigenvalue weighted by molar-refractivity contribution is 6.28. The first-order valence-electron chi connectivity index (χ1n) is 7.53. The van der Waals surface area contributed by atoms with Crippen molar-refractivity contribution in [2.75, 3.05) is 29.9 Å². The van der Waals surface area contributed by atoms with Crippen molar-refractivity contribution in [3.63, 3.8) is 0 Å². The van der Waals surface area contributed by atoms with Crippen molar-refractivity contribution in [2.24, 2.45) is 5.41 Å². The molecule has 0 aromatic carbocycles. The van der Waals surface area contributed by atoms with E-state index in [2.05, 4.69) is 39.0 Å². The summed E-state index contributed by atoms with van der Waals surface area (Å²) in [7, 11) is 0. The van der Waals surface area contributed by atoms with Crippen LogP contribution in [0.1, 0.15) is 46.5 Å². The summed E-state index contributed by atoms with van der Waals surface area (Å²) < 4.78 is 0. The number of rotatable bonds is 5. The summed E-state index contributed by atoms with van der Waals surface area (Å²) >= 11 is 5.99. The molecule has 0 spiro atoms. The lowest BCUT2D eigenvalue weighted by molar-refractivity contribution is 0.198. The smallest absolute Gasteiger partial charge is 0.231 e. The lowest BCUT2D eigenvalue weighted by Crippen LogP contribution is -2.40. The van der Waals surface area contributed by atoms with E-state index in [9.17, 15) is 0 Å². The lowest BCUT2D eigenvalue weighted by atomic mass is 9.74. The van der Waals surface area contributed by atoms with E-state index in [1.54, 1.807) is 0 Å². The molecule has 1 aliphatic heterocycles. The normalized spacial score (nSPS) is 18.1. The van der Waals surface area contributed by atoms with Gasteiger partial charge in [0.25, 0.3) is 0 Å². The quantitative estimate of drug-likeness (QED) is 0.903. The van der Waals surface area contributed by atoms with Gasteiger partial charge in [0.2, 0.25) is 17.2 Å². The van der Waals surface area contributed by atoms with Crippen LogP contribution in [0.2, 0.25) is 5.28 Å². The number of aromatic nitrogens is 3. The fraction of sp³-hybridized carbons (Fsp3) is 0.786. The second kappa shape index (κ2) is 6.57. The first-order valence-corrected chi connectivity index (χ1v) is 7.90. The van der Waals surface area contributed by atoms with Crippen LogP contribution in [-0.2, 0) is 0 Å². The molecule has 2 rings (SSSR count). The molecule has 5 nitrogen and oxygen atoms in total. The summed E-state index contributed by atoms with van der Waals surface area (Å²) in [4.78, 5) is 15.0. The molecule has 112 valence electrons. The summed E-state index contributed by atoms with van der Waals surface area (Å²) in [5, 5.41) is 3.35. The van der Waals surface area contributed by atoms with Crippen LogP contribution >= 0.6 is 11.6 Å². The van der Waals surface area contributed by atoms with E-state index < -0.39 is 0 Å². The summed E-state index contributed by atoms with van der Waals surface area (Å²) in [5.41, 5.74) is 0.498. The number of halogens is 1. The molecule has 0 bridgehead atoms. The Kier molecular flexibility index (Phi) is 5.02. The fourth-order valence-corrected chi connectivity index (χ4v) is 3.01. The second-order valence-corrected chi connectivity index (χ2v) is 5.79. The molecular weight excluding hydrogens is 274 g/mol. The third-order valence-corrected chi connectivity index (χ3v) is 4.71. The maximum atomic E-state index is 5.99. The molecule has 1 fully saturated rings. The van der Waals surface area contributed by atoms with Gasteiger partial charge in [-0.15, -0.1) is 0 Å². The van der Waals surface area contributed by atoms with Gasteiger partial charge in [-0.1, -0.05) is 26.7 Å². The highest BCUT2D eigenvalue weighted by Gasteiger charge is 2.32. The van der Waals surface area contributed by atoms with E-state index in [1.807, 2.05) is 6.92 Å². The topological polar surface area (TPSA) is 53.9 Å². The number of nitrogens with one attached hydrogen (secondary N) is 1. The highest BCUT2D eigenvalue weighted by Crippen LogP contribution is 2.38. The van der Waals surface area contributed by atoms with Crippen molar-refractivity contribution in [3.8, 4) is 0 Å². The molecule has 1 aromatic rings. The molecular formula is C14H24ClN5. The van der Waals surface area contributed by atoms with Gasteiger partial charge in [-0.05, 0) is 36.8 Å². The van der Waals surface area contributed by atoms with Crippen LogP contribution in [0.3, 0.4) is 0 Å². The number of nitrogens with zero attached hydrogens (tertiary/aromatic N) is 4. The number of piperidine rings is 1. The van der Waals surface area contributed by atoms with E-state index in [1.165, 1.54) is 25.7 Å². The largest absolute Gasteiger partial charge is 0.354 e. The number of anilines is 2. The average Bonchev–Trinajstić information content (AvgIpc) is 2.47. The molecule has 0 radical (unpaired) electrons. The monoisotopic (exact) mass is 297 g/mol. The Bertz CT molecular complexity index is 437. The Labute approximate surface area is 126 Å². The van der Waals surface area contributed by atoms with Crippen LogP contribution in [0.4, 0.5) is 11.9 Å². The number of hydrogen-bond donors (Lipinski definition) is 1. The number of hydrogen-bond acceptors (Lipinski definition) is 5. The molecule has 0 amide bonds. The Morgan fingerprint density at radius 2 is 1.75 bits per heavy atom. The van der Waals surface area contributed by atoms with Gasteiger partial charge in [0.15, 0.2) is 0 Å². The zero-order chi connectivity index (χ0) is 14.6. The molecule has 0 aliphatic carbocycles. The Morgan fingerprint density at radius 3 is 2.30 bits per heavy atom. The van der Waals surface area contributed by atoms with E-state index in [0.717, 1.165) is 19.6 Å². The van der Waals surface area contributed by atoms with E-state index in [4.69, 9.17) is 11.6 Å². The predicted molar refractivity (Wildman–Crippen MR) is 83.5 cm³/mol. The van der Waals surface area contributed by atoms with Crippen LogP contribution < -0.4 is 10.2 Å². The van der Waals surface area contributed by atoms with Gasteiger partial charge >= 0.3 is 0 Å². The van der Waals surface area contributed by atoms with Crippen molar-refractivity contribution in [3.05, 3.63) is 5.28 Å². The predicted octanol–water partition coefficient (Wildman–Crippen LogP) is 3.36. The van der Waals surface area contributed by atoms with E-state index in [-0.39, 0.29) is 5.28 Å². The van der Waals surface area contributed by atoms with Gasteiger partial charge in [0.1, 0.15) is 0 Å². The zero-order valence-corrected chi connectivity index (χ0v) is 13.4. The van der Waals surface area contributed by atoms with Crippen LogP contribution in [0.5, 0.6) is 0 Å². The third kappa shape index (κ3) is 3.32. The Balaban J connectivity index is 2.10. The van der Waals surface area contributed by atoms with Gasteiger partial charge in [-0.3, -0.25) is 0 Å². The molecule has 0 saturated carbocycles. The molecule has 0 unspecified atom stereocenters. The van der Waals surface area contributed by atoms with Crippen molar-refractivity contribution >= 4 is 23.5 Å². The van der Waals surface area contributed by atoms with Gasteiger partial charge in [-0.25, -0.2) is 0 Å². The van der Waals surface area contributed by atoms with E-state index >= 15 is 0 Å². The standard InChI is InChI=1S/C14H24ClN5/c1-4-14(5-2)7-9-20(10-8-14)13-18-11(15)17-12(19-13)16-6-3/h4-10H2,1-3H3,(H,16,17,18,19). The maximum Gasteiger partial charge on any atom is 0.231 e. The third-order valence-electron chi connectivity index (χ3n) is 4.54.